The molecule has 1 fully saturated rings. The highest BCUT2D eigenvalue weighted by molar-refractivity contribution is 7.82. The maximum atomic E-state index is 11.6. The number of ether oxygens (including phenoxy) is 1. The van der Waals surface area contributed by atoms with Gasteiger partial charge in [-0.15, -0.1) is 0 Å². The summed E-state index contributed by atoms with van der Waals surface area (Å²) in [6, 6.07) is 0. The largest absolute Gasteiger partial charge is 0.467 e. The lowest BCUT2D eigenvalue weighted by Crippen LogP contribution is -2.32. The van der Waals surface area contributed by atoms with Crippen LogP contribution in [0.4, 0.5) is 0 Å². The van der Waals surface area contributed by atoms with Gasteiger partial charge in [0, 0.05) is 0 Å². The summed E-state index contributed by atoms with van der Waals surface area (Å²) in [5, 5.41) is 0. The molecule has 0 N–H and O–H groups in total. The van der Waals surface area contributed by atoms with Crippen LogP contribution in [0.15, 0.2) is 0 Å². The van der Waals surface area contributed by atoms with Crippen LogP contribution < -0.4 is 0 Å². The molecule has 1 saturated heterocycles. The minimum atomic E-state index is -4.07. The number of esters is 1. The number of hydrogen-bond donors (Lipinski definition) is 0. The zero-order chi connectivity index (χ0) is 19.3. The average Bonchev–Trinajstić information content (AvgIpc) is 2.93. The van der Waals surface area contributed by atoms with E-state index in [4.69, 9.17) is 4.18 Å². The lowest BCUT2D eigenvalue weighted by molar-refractivity contribution is -0.150. The minimum Gasteiger partial charge on any atom is -0.467 e. The maximum absolute atomic E-state index is 11.6. The van der Waals surface area contributed by atoms with Crippen LogP contribution in [0.25, 0.3) is 0 Å². The fourth-order valence-corrected chi connectivity index (χ4v) is 4.29. The molecule has 0 radical (unpaired) electrons. The van der Waals surface area contributed by atoms with Crippen LogP contribution in [0, 0.1) is 0 Å². The first kappa shape index (κ1) is 23.4. The third-order valence-corrected chi connectivity index (χ3v) is 5.75. The number of carbonyl (C=O) groups is 1. The first-order valence-corrected chi connectivity index (χ1v) is 11.5. The molecule has 0 aromatic heterocycles. The van der Waals surface area contributed by atoms with Gasteiger partial charge in [0.2, 0.25) is 6.10 Å². The van der Waals surface area contributed by atoms with E-state index in [1.54, 1.807) is 0 Å². The zero-order valence-electron chi connectivity index (χ0n) is 16.4. The molecule has 1 aliphatic heterocycles. The van der Waals surface area contributed by atoms with Gasteiger partial charge >= 0.3 is 16.4 Å². The Balaban J connectivity index is 1.99. The van der Waals surface area contributed by atoms with Crippen molar-refractivity contribution in [1.82, 2.24) is 0 Å². The third kappa shape index (κ3) is 9.88. The molecule has 0 aromatic carbocycles. The predicted molar refractivity (Wildman–Crippen MR) is 101 cm³/mol. The normalized spacial score (nSPS) is 21.8. The van der Waals surface area contributed by atoms with E-state index < -0.39 is 28.6 Å². The van der Waals surface area contributed by atoms with E-state index in [2.05, 4.69) is 15.8 Å². The van der Waals surface area contributed by atoms with Gasteiger partial charge in [0.25, 0.3) is 0 Å². The van der Waals surface area contributed by atoms with Gasteiger partial charge < -0.3 is 4.74 Å². The molecular weight excluding hydrogens is 356 g/mol. The maximum Gasteiger partial charge on any atom is 0.401 e. The van der Waals surface area contributed by atoms with Gasteiger partial charge in [-0.1, -0.05) is 90.4 Å². The van der Waals surface area contributed by atoms with E-state index >= 15 is 0 Å². The van der Waals surface area contributed by atoms with Crippen LogP contribution in [-0.2, 0) is 28.3 Å². The minimum absolute atomic E-state index is 0.483. The van der Waals surface area contributed by atoms with Crippen LogP contribution in [0.2, 0.25) is 0 Å². The molecule has 1 rings (SSSR count). The van der Waals surface area contributed by atoms with Crippen molar-refractivity contribution in [2.45, 2.75) is 109 Å². The average molecular weight is 393 g/mol. The second kappa shape index (κ2) is 13.5. The molecule has 0 bridgehead atoms. The lowest BCUT2D eigenvalue weighted by atomic mass is 10.0. The Morgan fingerprint density at radius 3 is 1.73 bits per heavy atom. The van der Waals surface area contributed by atoms with Crippen molar-refractivity contribution < 1.29 is 26.3 Å². The molecule has 0 spiro atoms. The van der Waals surface area contributed by atoms with Crippen molar-refractivity contribution in [3.63, 3.8) is 0 Å². The fourth-order valence-electron chi connectivity index (χ4n) is 3.28. The predicted octanol–water partition coefficient (Wildman–Crippen LogP) is 4.67. The van der Waals surface area contributed by atoms with Crippen molar-refractivity contribution in [2.75, 3.05) is 7.11 Å². The Morgan fingerprint density at radius 1 is 0.808 bits per heavy atom. The van der Waals surface area contributed by atoms with Gasteiger partial charge in [-0.2, -0.15) is 8.42 Å². The topological polar surface area (TPSA) is 78.9 Å². The molecule has 6 nitrogen and oxygen atoms in total. The molecule has 26 heavy (non-hydrogen) atoms. The van der Waals surface area contributed by atoms with Crippen molar-refractivity contribution in [1.29, 1.82) is 0 Å². The highest BCUT2D eigenvalue weighted by atomic mass is 32.3. The molecule has 2 atom stereocenters. The molecule has 1 aliphatic rings. The molecule has 0 aliphatic carbocycles. The summed E-state index contributed by atoms with van der Waals surface area (Å²) in [7, 11) is -2.86. The molecule has 0 aromatic rings. The van der Waals surface area contributed by atoms with Gasteiger partial charge in [-0.25, -0.2) is 13.2 Å². The van der Waals surface area contributed by atoms with E-state index in [-0.39, 0.29) is 0 Å². The molecule has 0 amide bonds. The standard InChI is InChI=1S/C19H36O6S/c1-3-4-5-6-7-8-9-10-11-12-13-14-15-16-17-18(19(20)23-2)25-26(21,22)24-17/h17-18H,3-16H2,1-2H3/t17-,18+/m0/s1. The van der Waals surface area contributed by atoms with E-state index in [0.717, 1.165) is 19.3 Å². The molecule has 1 heterocycles. The van der Waals surface area contributed by atoms with Crippen LogP contribution in [0.1, 0.15) is 96.8 Å². The van der Waals surface area contributed by atoms with Crippen LogP contribution in [-0.4, -0.2) is 33.7 Å². The molecule has 0 unspecified atom stereocenters. The van der Waals surface area contributed by atoms with Gasteiger partial charge in [-0.3, -0.25) is 0 Å². The number of methoxy groups -OCH3 is 1. The lowest BCUT2D eigenvalue weighted by Gasteiger charge is -2.12. The quantitative estimate of drug-likeness (QED) is 0.298. The summed E-state index contributed by atoms with van der Waals surface area (Å²) in [5.74, 6) is -0.703. The van der Waals surface area contributed by atoms with Gasteiger partial charge in [0.15, 0.2) is 0 Å². The summed E-state index contributed by atoms with van der Waals surface area (Å²) >= 11 is 0. The summed E-state index contributed by atoms with van der Waals surface area (Å²) in [6.07, 6.45) is 14.7. The van der Waals surface area contributed by atoms with Crippen molar-refractivity contribution in [2.24, 2.45) is 0 Å². The van der Waals surface area contributed by atoms with Crippen LogP contribution in [0.5, 0.6) is 0 Å². The molecule has 154 valence electrons. The van der Waals surface area contributed by atoms with E-state index in [1.165, 1.54) is 71.3 Å². The Bertz CT molecular complexity index is 476. The number of unbranched alkanes of at least 4 members (excludes halogenated alkanes) is 12. The van der Waals surface area contributed by atoms with Crippen molar-refractivity contribution in [3.8, 4) is 0 Å². The zero-order valence-corrected chi connectivity index (χ0v) is 17.2. The first-order chi connectivity index (χ1) is 12.5. The highest BCUT2D eigenvalue weighted by Gasteiger charge is 2.44. The number of carbonyl (C=O) groups excluding carboxylic acids is 1. The Kier molecular flexibility index (Phi) is 12.1. The Hall–Kier alpha value is -0.660. The Morgan fingerprint density at radius 2 is 1.27 bits per heavy atom. The second-order valence-electron chi connectivity index (χ2n) is 7.11. The highest BCUT2D eigenvalue weighted by Crippen LogP contribution is 2.26. The summed E-state index contributed by atoms with van der Waals surface area (Å²) in [5.41, 5.74) is 0. The summed E-state index contributed by atoms with van der Waals surface area (Å²) < 4.78 is 36.8. The van der Waals surface area contributed by atoms with Gasteiger partial charge in [0.1, 0.15) is 6.10 Å². The third-order valence-electron chi connectivity index (χ3n) is 4.83. The summed E-state index contributed by atoms with van der Waals surface area (Å²) in [4.78, 5) is 11.6. The van der Waals surface area contributed by atoms with Gasteiger partial charge in [-0.05, 0) is 6.42 Å². The first-order valence-electron chi connectivity index (χ1n) is 10.2. The number of hydrogen-bond acceptors (Lipinski definition) is 6. The smallest absolute Gasteiger partial charge is 0.401 e. The number of rotatable bonds is 15. The van der Waals surface area contributed by atoms with E-state index in [9.17, 15) is 13.2 Å². The van der Waals surface area contributed by atoms with Crippen LogP contribution >= 0.6 is 0 Å². The van der Waals surface area contributed by atoms with Crippen molar-refractivity contribution >= 4 is 16.4 Å². The Labute approximate surface area is 159 Å². The molecule has 7 heteroatoms. The van der Waals surface area contributed by atoms with E-state index in [1.807, 2.05) is 0 Å². The van der Waals surface area contributed by atoms with Crippen LogP contribution in [0.3, 0.4) is 0 Å². The van der Waals surface area contributed by atoms with Gasteiger partial charge in [0.05, 0.1) is 7.11 Å². The van der Waals surface area contributed by atoms with E-state index in [0.29, 0.717) is 6.42 Å². The monoisotopic (exact) mass is 392 g/mol. The fraction of sp³-hybridized carbons (Fsp3) is 0.947. The second-order valence-corrected chi connectivity index (χ2v) is 8.32. The SMILES string of the molecule is CCCCCCCCCCCCCCC[C@@H]1OS(=O)(=O)O[C@H]1C(=O)OC. The molecule has 0 saturated carbocycles. The molecular formula is C19H36O6S. The summed E-state index contributed by atoms with van der Waals surface area (Å²) in [6.45, 7) is 2.24. The van der Waals surface area contributed by atoms with Crippen molar-refractivity contribution in [3.05, 3.63) is 0 Å².